The predicted molar refractivity (Wildman–Crippen MR) is 117 cm³/mol. The molecule has 1 aromatic rings. The number of halogens is 1. The number of rotatable bonds is 6. The van der Waals surface area contributed by atoms with E-state index < -0.39 is 5.60 Å². The highest BCUT2D eigenvalue weighted by atomic mass is 19.1. The Morgan fingerprint density at radius 2 is 2.23 bits per heavy atom. The average Bonchev–Trinajstić information content (AvgIpc) is 3.12. The minimum atomic E-state index is -0.508. The molecule has 0 saturated carbocycles. The molecule has 2 rings (SSSR count). The van der Waals surface area contributed by atoms with Crippen LogP contribution in [0.3, 0.4) is 0 Å². The van der Waals surface area contributed by atoms with Crippen molar-refractivity contribution in [3.8, 4) is 0 Å². The van der Waals surface area contributed by atoms with Crippen molar-refractivity contribution in [2.45, 2.75) is 45.8 Å². The van der Waals surface area contributed by atoms with Crippen molar-refractivity contribution in [2.24, 2.45) is 10.9 Å². The van der Waals surface area contributed by atoms with Crippen LogP contribution in [0.15, 0.2) is 23.3 Å². The number of carbonyl (C=O) groups excluding carboxylic acids is 1. The van der Waals surface area contributed by atoms with Gasteiger partial charge in [-0.15, -0.1) is 0 Å². The van der Waals surface area contributed by atoms with E-state index in [1.807, 2.05) is 25.7 Å². The highest BCUT2D eigenvalue weighted by Gasteiger charge is 2.26. The van der Waals surface area contributed by atoms with Crippen molar-refractivity contribution in [1.82, 2.24) is 20.5 Å². The second kappa shape index (κ2) is 10.4. The molecule has 8 nitrogen and oxygen atoms in total. The number of guanidine groups is 1. The second-order valence-electron chi connectivity index (χ2n) is 8.80. The number of amides is 1. The summed E-state index contributed by atoms with van der Waals surface area (Å²) in [5, 5.41) is 6.70. The van der Waals surface area contributed by atoms with Gasteiger partial charge in [0.05, 0.1) is 0 Å². The summed E-state index contributed by atoms with van der Waals surface area (Å²) in [7, 11) is 3.46. The summed E-state index contributed by atoms with van der Waals surface area (Å²) in [5.41, 5.74) is -0.508. The largest absolute Gasteiger partial charge is 0.444 e. The van der Waals surface area contributed by atoms with Crippen LogP contribution in [0.5, 0.6) is 0 Å². The van der Waals surface area contributed by atoms with Gasteiger partial charge >= 0.3 is 6.09 Å². The zero-order valence-corrected chi connectivity index (χ0v) is 18.9. The molecule has 0 radical (unpaired) electrons. The van der Waals surface area contributed by atoms with E-state index in [0.29, 0.717) is 31.4 Å². The molecule has 9 heteroatoms. The number of aromatic nitrogens is 1. The topological polar surface area (TPSA) is 82.1 Å². The third-order valence-electron chi connectivity index (χ3n) is 4.70. The number of ether oxygens (including phenoxy) is 1. The van der Waals surface area contributed by atoms with E-state index in [-0.39, 0.29) is 23.9 Å². The predicted octanol–water partition coefficient (Wildman–Crippen LogP) is 2.47. The maximum Gasteiger partial charge on any atom is 0.410 e. The summed E-state index contributed by atoms with van der Waals surface area (Å²) < 4.78 is 19.3. The molecule has 1 amide bonds. The number of carbonyl (C=O) groups is 1. The Morgan fingerprint density at radius 1 is 1.50 bits per heavy atom. The highest BCUT2D eigenvalue weighted by Crippen LogP contribution is 2.20. The lowest BCUT2D eigenvalue weighted by Gasteiger charge is -2.27. The molecule has 2 atom stereocenters. The van der Waals surface area contributed by atoms with E-state index in [4.69, 9.17) is 4.74 Å². The molecule has 2 unspecified atom stereocenters. The maximum atomic E-state index is 14.0. The van der Waals surface area contributed by atoms with Gasteiger partial charge in [0.25, 0.3) is 0 Å². The quantitative estimate of drug-likeness (QED) is 0.541. The first-order valence-corrected chi connectivity index (χ1v) is 10.4. The van der Waals surface area contributed by atoms with E-state index in [9.17, 15) is 9.18 Å². The Hall–Kier alpha value is -2.58. The van der Waals surface area contributed by atoms with Gasteiger partial charge in [-0.25, -0.2) is 14.2 Å². The maximum absolute atomic E-state index is 14.0. The molecular formula is C21H35FN6O2. The average molecular weight is 423 g/mol. The molecule has 0 aromatic carbocycles. The van der Waals surface area contributed by atoms with Gasteiger partial charge in [-0.1, -0.05) is 6.92 Å². The standard InChI is InChI=1S/C21H35FN6O2/c1-15(13-27(6)20(29)30-21(2,3)4)12-25-19(23-5)26-16-9-11-28(14-16)18-17(22)8-7-10-24-18/h7-8,10,15-16H,9,11-14H2,1-6H3,(H2,23,25,26). The summed E-state index contributed by atoms with van der Waals surface area (Å²) in [6.45, 7) is 10.2. The van der Waals surface area contributed by atoms with Gasteiger partial charge in [-0.05, 0) is 45.2 Å². The van der Waals surface area contributed by atoms with Gasteiger partial charge < -0.3 is 25.2 Å². The third kappa shape index (κ3) is 7.35. The Balaban J connectivity index is 1.77. The fourth-order valence-electron chi connectivity index (χ4n) is 3.29. The van der Waals surface area contributed by atoms with Crippen LogP contribution in [0, 0.1) is 11.7 Å². The number of nitrogens with zero attached hydrogens (tertiary/aromatic N) is 4. The van der Waals surface area contributed by atoms with Crippen LogP contribution in [0.4, 0.5) is 15.0 Å². The Kier molecular flexibility index (Phi) is 8.25. The number of nitrogens with one attached hydrogen (secondary N) is 2. The summed E-state index contributed by atoms with van der Waals surface area (Å²) in [6.07, 6.45) is 2.15. The fraction of sp³-hybridized carbons (Fsp3) is 0.667. The summed E-state index contributed by atoms with van der Waals surface area (Å²) in [5.74, 6) is 0.978. The van der Waals surface area contributed by atoms with E-state index in [1.54, 1.807) is 31.3 Å². The van der Waals surface area contributed by atoms with Crippen molar-refractivity contribution >= 4 is 17.9 Å². The van der Waals surface area contributed by atoms with Gasteiger partial charge in [0, 0.05) is 52.5 Å². The lowest BCUT2D eigenvalue weighted by molar-refractivity contribution is 0.0278. The molecule has 1 aromatic heterocycles. The zero-order valence-electron chi connectivity index (χ0n) is 18.9. The van der Waals surface area contributed by atoms with Crippen molar-refractivity contribution in [3.63, 3.8) is 0 Å². The van der Waals surface area contributed by atoms with Crippen LogP contribution >= 0.6 is 0 Å². The minimum absolute atomic E-state index is 0.150. The molecule has 1 saturated heterocycles. The Morgan fingerprint density at radius 3 is 2.87 bits per heavy atom. The first kappa shape index (κ1) is 23.7. The molecular weight excluding hydrogens is 387 g/mol. The summed E-state index contributed by atoms with van der Waals surface area (Å²) in [4.78, 5) is 24.1. The van der Waals surface area contributed by atoms with E-state index in [1.165, 1.54) is 6.07 Å². The van der Waals surface area contributed by atoms with Crippen molar-refractivity contribution in [3.05, 3.63) is 24.1 Å². The molecule has 0 aliphatic carbocycles. The lowest BCUT2D eigenvalue weighted by Crippen LogP contribution is -2.47. The first-order chi connectivity index (χ1) is 14.1. The number of hydrogen-bond donors (Lipinski definition) is 2. The Bertz CT molecular complexity index is 736. The minimum Gasteiger partial charge on any atom is -0.444 e. The molecule has 0 spiro atoms. The fourth-order valence-corrected chi connectivity index (χ4v) is 3.29. The van der Waals surface area contributed by atoms with Crippen LogP contribution < -0.4 is 15.5 Å². The van der Waals surface area contributed by atoms with Crippen LogP contribution in [0.2, 0.25) is 0 Å². The highest BCUT2D eigenvalue weighted by molar-refractivity contribution is 5.80. The molecule has 1 aliphatic rings. The summed E-state index contributed by atoms with van der Waals surface area (Å²) >= 11 is 0. The third-order valence-corrected chi connectivity index (χ3v) is 4.70. The number of hydrogen-bond acceptors (Lipinski definition) is 5. The van der Waals surface area contributed by atoms with E-state index in [2.05, 4.69) is 27.5 Å². The monoisotopic (exact) mass is 422 g/mol. The zero-order chi connectivity index (χ0) is 22.3. The second-order valence-corrected chi connectivity index (χ2v) is 8.80. The van der Waals surface area contributed by atoms with Gasteiger partial charge in [-0.2, -0.15) is 0 Å². The van der Waals surface area contributed by atoms with Gasteiger partial charge in [0.2, 0.25) is 0 Å². The lowest BCUT2D eigenvalue weighted by atomic mass is 10.1. The van der Waals surface area contributed by atoms with Gasteiger partial charge in [0.15, 0.2) is 17.6 Å². The van der Waals surface area contributed by atoms with Crippen LogP contribution in [-0.4, -0.2) is 73.9 Å². The van der Waals surface area contributed by atoms with E-state index >= 15 is 0 Å². The molecule has 2 N–H and O–H groups in total. The normalized spacial score (nSPS) is 18.2. The van der Waals surface area contributed by atoms with Gasteiger partial charge in [0.1, 0.15) is 5.60 Å². The van der Waals surface area contributed by atoms with Crippen LogP contribution in [-0.2, 0) is 4.74 Å². The molecule has 30 heavy (non-hydrogen) atoms. The SMILES string of the molecule is CN=C(NCC(C)CN(C)C(=O)OC(C)(C)C)NC1CCN(c2ncccc2F)C1. The molecule has 1 aliphatic heterocycles. The Labute approximate surface area is 178 Å². The molecule has 168 valence electrons. The van der Waals surface area contributed by atoms with Crippen LogP contribution in [0.1, 0.15) is 34.1 Å². The molecule has 1 fully saturated rings. The smallest absolute Gasteiger partial charge is 0.410 e. The molecule has 2 heterocycles. The number of aliphatic imine (C=N–C) groups is 1. The number of pyridine rings is 1. The van der Waals surface area contributed by atoms with Crippen LogP contribution in [0.25, 0.3) is 0 Å². The van der Waals surface area contributed by atoms with E-state index in [0.717, 1.165) is 13.0 Å². The van der Waals surface area contributed by atoms with Gasteiger partial charge in [-0.3, -0.25) is 4.99 Å². The summed E-state index contributed by atoms with van der Waals surface area (Å²) in [6, 6.07) is 3.18. The molecule has 0 bridgehead atoms. The van der Waals surface area contributed by atoms with Crippen molar-refractivity contribution in [2.75, 3.05) is 45.2 Å². The van der Waals surface area contributed by atoms with Crippen molar-refractivity contribution in [1.29, 1.82) is 0 Å². The first-order valence-electron chi connectivity index (χ1n) is 10.4. The number of anilines is 1. The van der Waals surface area contributed by atoms with Crippen molar-refractivity contribution < 1.29 is 13.9 Å².